The summed E-state index contributed by atoms with van der Waals surface area (Å²) >= 11 is 0.850. The number of carbonyl (C=O) groups excluding carboxylic acids is 4. The quantitative estimate of drug-likeness (QED) is 0.476. The highest BCUT2D eigenvalue weighted by Crippen LogP contribution is 2.34. The maximum absolute atomic E-state index is 11.6. The Bertz CT molecular complexity index is 521. The fourth-order valence-electron chi connectivity index (χ4n) is 2.38. The Morgan fingerprint density at radius 3 is 1.92 bits per heavy atom. The van der Waals surface area contributed by atoms with E-state index in [1.54, 1.807) is 0 Å². The van der Waals surface area contributed by atoms with Crippen molar-refractivity contribution < 1.29 is 42.9 Å². The summed E-state index contributed by atoms with van der Waals surface area (Å²) in [5.74, 6) is -1.82. The summed E-state index contributed by atoms with van der Waals surface area (Å²) in [6, 6.07) is 0. The molecular weight excluding hydrogens is 356 g/mol. The minimum absolute atomic E-state index is 0.234. The number of carbonyl (C=O) groups is 4. The van der Waals surface area contributed by atoms with Gasteiger partial charge in [-0.25, -0.2) is 0 Å². The smallest absolute Gasteiger partial charge is 0.303 e. The van der Waals surface area contributed by atoms with E-state index in [9.17, 15) is 19.2 Å². The standard InChI is InChI=1S/C15H22O9S/c1-7(16)21-6-11-12(22-8(2)17)13(23-9(3)18)14(25-10(4)19)15(20-5)24-11/h11-15H,6H2,1-5H3/t11-,12-,13+,14+,15+/m1/s1. The molecule has 1 rings (SSSR count). The molecule has 1 fully saturated rings. The molecule has 9 nitrogen and oxygen atoms in total. The fraction of sp³-hybridized carbons (Fsp3) is 0.733. The van der Waals surface area contributed by atoms with Gasteiger partial charge < -0.3 is 23.7 Å². The average molecular weight is 378 g/mol. The highest BCUT2D eigenvalue weighted by molar-refractivity contribution is 8.14. The Morgan fingerprint density at radius 2 is 1.48 bits per heavy atom. The number of hydrogen-bond acceptors (Lipinski definition) is 10. The van der Waals surface area contributed by atoms with Gasteiger partial charge in [0.2, 0.25) is 0 Å². The first kappa shape index (κ1) is 21.4. The summed E-state index contributed by atoms with van der Waals surface area (Å²) in [6.45, 7) is 4.70. The van der Waals surface area contributed by atoms with Crippen LogP contribution >= 0.6 is 11.8 Å². The van der Waals surface area contributed by atoms with E-state index in [1.165, 1.54) is 34.8 Å². The van der Waals surface area contributed by atoms with Crippen molar-refractivity contribution in [1.29, 1.82) is 0 Å². The molecule has 0 spiro atoms. The van der Waals surface area contributed by atoms with Crippen LogP contribution in [0, 0.1) is 0 Å². The van der Waals surface area contributed by atoms with Gasteiger partial charge in [0.15, 0.2) is 23.6 Å². The first-order valence-corrected chi connectivity index (χ1v) is 8.37. The lowest BCUT2D eigenvalue weighted by molar-refractivity contribution is -0.256. The van der Waals surface area contributed by atoms with Crippen LogP contribution in [0.3, 0.4) is 0 Å². The number of methoxy groups -OCH3 is 1. The number of rotatable bonds is 6. The van der Waals surface area contributed by atoms with E-state index in [0.717, 1.165) is 11.8 Å². The van der Waals surface area contributed by atoms with Crippen molar-refractivity contribution >= 4 is 34.8 Å². The molecule has 5 atom stereocenters. The summed E-state index contributed by atoms with van der Waals surface area (Å²) in [5, 5.41) is -1.02. The molecule has 0 aromatic heterocycles. The molecule has 0 N–H and O–H groups in total. The summed E-state index contributed by atoms with van der Waals surface area (Å²) in [5.41, 5.74) is 0. The number of hydrogen-bond donors (Lipinski definition) is 0. The maximum Gasteiger partial charge on any atom is 0.303 e. The third-order valence-electron chi connectivity index (χ3n) is 3.18. The highest BCUT2D eigenvalue weighted by Gasteiger charge is 2.51. The molecule has 0 unspecified atom stereocenters. The van der Waals surface area contributed by atoms with Gasteiger partial charge in [-0.3, -0.25) is 19.2 Å². The second kappa shape index (κ2) is 9.73. The van der Waals surface area contributed by atoms with Crippen molar-refractivity contribution in [2.45, 2.75) is 57.5 Å². The van der Waals surface area contributed by atoms with Crippen LogP contribution in [0.4, 0.5) is 0 Å². The van der Waals surface area contributed by atoms with Crippen molar-refractivity contribution in [2.24, 2.45) is 0 Å². The molecule has 0 bridgehead atoms. The molecule has 0 aliphatic carbocycles. The molecule has 0 aromatic carbocycles. The Kier molecular flexibility index (Phi) is 8.33. The van der Waals surface area contributed by atoms with Crippen LogP contribution < -0.4 is 0 Å². The van der Waals surface area contributed by atoms with E-state index < -0.39 is 47.8 Å². The third-order valence-corrected chi connectivity index (χ3v) is 4.28. The zero-order valence-corrected chi connectivity index (χ0v) is 15.5. The summed E-state index contributed by atoms with van der Waals surface area (Å²) in [4.78, 5) is 45.6. The Hall–Kier alpha value is -1.65. The van der Waals surface area contributed by atoms with Gasteiger partial charge in [-0.2, -0.15) is 0 Å². The summed E-state index contributed by atoms with van der Waals surface area (Å²) in [7, 11) is 1.36. The van der Waals surface area contributed by atoms with E-state index >= 15 is 0 Å². The number of esters is 3. The maximum atomic E-state index is 11.6. The molecular formula is C15H22O9S. The molecule has 1 heterocycles. The molecule has 142 valence electrons. The van der Waals surface area contributed by atoms with Gasteiger partial charge in [-0.1, -0.05) is 11.8 Å². The molecule has 0 saturated carbocycles. The molecule has 1 aliphatic heterocycles. The van der Waals surface area contributed by atoms with Crippen LogP contribution in [0.15, 0.2) is 0 Å². The first-order valence-electron chi connectivity index (χ1n) is 7.49. The van der Waals surface area contributed by atoms with Crippen LogP contribution in [0.2, 0.25) is 0 Å². The Balaban J connectivity index is 3.18. The Labute approximate surface area is 149 Å². The molecule has 1 saturated heterocycles. The van der Waals surface area contributed by atoms with Gasteiger partial charge >= 0.3 is 17.9 Å². The topological polar surface area (TPSA) is 114 Å². The van der Waals surface area contributed by atoms with Crippen LogP contribution in [-0.2, 0) is 42.9 Å². The predicted molar refractivity (Wildman–Crippen MR) is 85.5 cm³/mol. The van der Waals surface area contributed by atoms with Crippen molar-refractivity contribution in [3.05, 3.63) is 0 Å². The van der Waals surface area contributed by atoms with Crippen molar-refractivity contribution in [3.63, 3.8) is 0 Å². The molecule has 25 heavy (non-hydrogen) atoms. The monoisotopic (exact) mass is 378 g/mol. The predicted octanol–water partition coefficient (Wildman–Crippen LogP) is 0.432. The number of thioether (sulfide) groups is 1. The second-order valence-electron chi connectivity index (χ2n) is 5.30. The fourth-order valence-corrected chi connectivity index (χ4v) is 3.39. The van der Waals surface area contributed by atoms with Crippen LogP contribution in [-0.4, -0.2) is 66.6 Å². The van der Waals surface area contributed by atoms with E-state index in [2.05, 4.69) is 0 Å². The van der Waals surface area contributed by atoms with Gasteiger partial charge in [0.05, 0.1) is 0 Å². The highest BCUT2D eigenvalue weighted by atomic mass is 32.2. The van der Waals surface area contributed by atoms with Gasteiger partial charge in [-0.05, 0) is 0 Å². The lowest BCUT2D eigenvalue weighted by atomic mass is 10.0. The van der Waals surface area contributed by atoms with Crippen LogP contribution in [0.5, 0.6) is 0 Å². The molecule has 0 amide bonds. The normalized spacial score (nSPS) is 28.8. The molecule has 0 aromatic rings. The minimum Gasteiger partial charge on any atom is -0.463 e. The lowest BCUT2D eigenvalue weighted by Crippen LogP contribution is -2.60. The van der Waals surface area contributed by atoms with Crippen molar-refractivity contribution in [1.82, 2.24) is 0 Å². The van der Waals surface area contributed by atoms with Gasteiger partial charge in [0.25, 0.3) is 0 Å². The van der Waals surface area contributed by atoms with Crippen molar-refractivity contribution in [2.75, 3.05) is 13.7 Å². The Morgan fingerprint density at radius 1 is 0.920 bits per heavy atom. The van der Waals surface area contributed by atoms with Crippen molar-refractivity contribution in [3.8, 4) is 0 Å². The number of ether oxygens (including phenoxy) is 5. The van der Waals surface area contributed by atoms with E-state index in [0.29, 0.717) is 0 Å². The van der Waals surface area contributed by atoms with Crippen LogP contribution in [0.1, 0.15) is 27.7 Å². The van der Waals surface area contributed by atoms with E-state index in [4.69, 9.17) is 23.7 Å². The summed E-state index contributed by atoms with van der Waals surface area (Å²) < 4.78 is 26.4. The average Bonchev–Trinajstić information content (AvgIpc) is 2.48. The van der Waals surface area contributed by atoms with Crippen LogP contribution in [0.25, 0.3) is 0 Å². The largest absolute Gasteiger partial charge is 0.463 e. The van der Waals surface area contributed by atoms with E-state index in [1.807, 2.05) is 0 Å². The molecule has 0 radical (unpaired) electrons. The van der Waals surface area contributed by atoms with E-state index in [-0.39, 0.29) is 11.7 Å². The zero-order valence-electron chi connectivity index (χ0n) is 14.7. The van der Waals surface area contributed by atoms with Gasteiger partial charge in [0, 0.05) is 34.8 Å². The molecule has 1 aliphatic rings. The zero-order chi connectivity index (χ0) is 19.1. The van der Waals surface area contributed by atoms with Gasteiger partial charge in [0.1, 0.15) is 18.0 Å². The lowest BCUT2D eigenvalue weighted by Gasteiger charge is -2.43. The first-order chi connectivity index (χ1) is 11.6. The molecule has 10 heteroatoms. The summed E-state index contributed by atoms with van der Waals surface area (Å²) in [6.07, 6.45) is -3.95. The SMILES string of the molecule is CO[C@H]1O[C@H](COC(C)=O)[C@@H](OC(C)=O)[C@H](OC(C)=O)[C@@H]1SC(C)=O. The van der Waals surface area contributed by atoms with Gasteiger partial charge in [-0.15, -0.1) is 0 Å². The second-order valence-corrected chi connectivity index (χ2v) is 6.66. The third kappa shape index (κ3) is 6.63. The minimum atomic E-state index is -1.07.